The minimum Gasteiger partial charge on any atom is -0.272 e. The van der Waals surface area contributed by atoms with Crippen LogP contribution in [0.25, 0.3) is 11.4 Å². The molecular formula is C11H13N3S2. The van der Waals surface area contributed by atoms with E-state index >= 15 is 0 Å². The van der Waals surface area contributed by atoms with Gasteiger partial charge in [0.1, 0.15) is 0 Å². The van der Waals surface area contributed by atoms with Gasteiger partial charge in [-0.1, -0.05) is 38.1 Å². The zero-order chi connectivity index (χ0) is 11.5. The van der Waals surface area contributed by atoms with Crippen molar-refractivity contribution in [1.29, 1.82) is 0 Å². The van der Waals surface area contributed by atoms with E-state index in [2.05, 4.69) is 35.3 Å². The summed E-state index contributed by atoms with van der Waals surface area (Å²) >= 11 is 2.49. The number of benzene rings is 1. The fourth-order valence-corrected chi connectivity index (χ4v) is 2.43. The largest absolute Gasteiger partial charge is 0.272 e. The average molecular weight is 251 g/mol. The molecule has 0 aliphatic heterocycles. The molecule has 0 unspecified atom stereocenters. The van der Waals surface area contributed by atoms with Crippen LogP contribution < -0.4 is 5.14 Å². The van der Waals surface area contributed by atoms with Crippen LogP contribution in [0, 0.1) is 0 Å². The fraction of sp³-hybridized carbons (Fsp3) is 0.273. The summed E-state index contributed by atoms with van der Waals surface area (Å²) in [6.45, 7) is 4.34. The lowest BCUT2D eigenvalue weighted by atomic mass is 9.97. The quantitative estimate of drug-likeness (QED) is 0.850. The van der Waals surface area contributed by atoms with E-state index in [0.29, 0.717) is 5.92 Å². The van der Waals surface area contributed by atoms with Crippen LogP contribution in [0.15, 0.2) is 28.6 Å². The predicted molar refractivity (Wildman–Crippen MR) is 69.5 cm³/mol. The Kier molecular flexibility index (Phi) is 3.58. The smallest absolute Gasteiger partial charge is 0.185 e. The lowest BCUT2D eigenvalue weighted by Crippen LogP contribution is -1.93. The van der Waals surface area contributed by atoms with Crippen molar-refractivity contribution >= 4 is 23.5 Å². The normalized spacial score (nSPS) is 11.0. The highest BCUT2D eigenvalue weighted by Crippen LogP contribution is 2.29. The van der Waals surface area contributed by atoms with Crippen molar-refractivity contribution in [3.05, 3.63) is 29.8 Å². The zero-order valence-corrected chi connectivity index (χ0v) is 10.8. The maximum atomic E-state index is 5.46. The first-order valence-corrected chi connectivity index (χ1v) is 6.67. The van der Waals surface area contributed by atoms with E-state index in [4.69, 9.17) is 5.14 Å². The highest BCUT2D eigenvalue weighted by atomic mass is 32.2. The van der Waals surface area contributed by atoms with E-state index in [1.807, 2.05) is 12.1 Å². The molecule has 0 atom stereocenters. The Bertz CT molecular complexity index is 480. The van der Waals surface area contributed by atoms with E-state index in [-0.39, 0.29) is 0 Å². The molecule has 5 heteroatoms. The first-order valence-electron chi connectivity index (χ1n) is 5.02. The molecule has 0 fully saturated rings. The zero-order valence-electron chi connectivity index (χ0n) is 9.18. The highest BCUT2D eigenvalue weighted by Gasteiger charge is 2.12. The van der Waals surface area contributed by atoms with Gasteiger partial charge in [0.05, 0.1) is 0 Å². The van der Waals surface area contributed by atoms with Crippen molar-refractivity contribution < 1.29 is 0 Å². The van der Waals surface area contributed by atoms with Crippen LogP contribution in [0.2, 0.25) is 0 Å². The molecule has 0 spiro atoms. The molecule has 16 heavy (non-hydrogen) atoms. The van der Waals surface area contributed by atoms with Crippen molar-refractivity contribution in [2.24, 2.45) is 5.14 Å². The van der Waals surface area contributed by atoms with Crippen molar-refractivity contribution in [3.8, 4) is 11.4 Å². The third kappa shape index (κ3) is 2.26. The lowest BCUT2D eigenvalue weighted by molar-refractivity contribution is 0.867. The van der Waals surface area contributed by atoms with Gasteiger partial charge in [0, 0.05) is 5.56 Å². The Labute approximate surface area is 103 Å². The summed E-state index contributed by atoms with van der Waals surface area (Å²) in [6.07, 6.45) is 0. The van der Waals surface area contributed by atoms with E-state index in [1.165, 1.54) is 17.1 Å². The number of rotatable bonds is 3. The molecule has 1 aromatic carbocycles. The molecule has 0 saturated heterocycles. The summed E-state index contributed by atoms with van der Waals surface area (Å²) in [4.78, 5) is 4.39. The lowest BCUT2D eigenvalue weighted by Gasteiger charge is -2.09. The van der Waals surface area contributed by atoms with Crippen molar-refractivity contribution in [2.75, 3.05) is 0 Å². The average Bonchev–Trinajstić information content (AvgIpc) is 2.77. The second kappa shape index (κ2) is 4.95. The first-order chi connectivity index (χ1) is 7.72. The molecule has 3 nitrogen and oxygen atoms in total. The minimum atomic E-state index is 0.466. The summed E-state index contributed by atoms with van der Waals surface area (Å²) < 4.78 is 5.13. The third-order valence-electron chi connectivity index (χ3n) is 2.33. The van der Waals surface area contributed by atoms with E-state index in [9.17, 15) is 0 Å². The van der Waals surface area contributed by atoms with Crippen LogP contribution in [0.5, 0.6) is 0 Å². The van der Waals surface area contributed by atoms with Crippen LogP contribution in [0.1, 0.15) is 25.3 Å². The van der Waals surface area contributed by atoms with Gasteiger partial charge in [-0.3, -0.25) is 5.14 Å². The third-order valence-corrected chi connectivity index (χ3v) is 3.65. The van der Waals surface area contributed by atoms with Crippen LogP contribution in [0.3, 0.4) is 0 Å². The molecule has 0 aliphatic rings. The Morgan fingerprint density at radius 1 is 1.31 bits per heavy atom. The van der Waals surface area contributed by atoms with E-state index < -0.39 is 0 Å². The summed E-state index contributed by atoms with van der Waals surface area (Å²) in [5, 5.41) is 5.46. The Balaban J connectivity index is 2.46. The molecule has 1 heterocycles. The van der Waals surface area contributed by atoms with Crippen molar-refractivity contribution in [3.63, 3.8) is 0 Å². The molecule has 84 valence electrons. The molecule has 0 amide bonds. The van der Waals surface area contributed by atoms with Gasteiger partial charge in [0.2, 0.25) is 0 Å². The Morgan fingerprint density at radius 2 is 2.06 bits per heavy atom. The minimum absolute atomic E-state index is 0.466. The molecule has 1 aromatic heterocycles. The van der Waals surface area contributed by atoms with Gasteiger partial charge in [-0.15, -0.1) is 0 Å². The summed E-state index contributed by atoms with van der Waals surface area (Å²) in [5.74, 6) is 1.25. The molecule has 0 saturated carbocycles. The number of aromatic nitrogens is 2. The predicted octanol–water partition coefficient (Wildman–Crippen LogP) is 3.29. The molecule has 0 aliphatic carbocycles. The van der Waals surface area contributed by atoms with Gasteiger partial charge >= 0.3 is 0 Å². The van der Waals surface area contributed by atoms with E-state index in [1.54, 1.807) is 0 Å². The van der Waals surface area contributed by atoms with Crippen LogP contribution in [0.4, 0.5) is 0 Å². The molecule has 2 N–H and O–H groups in total. The maximum absolute atomic E-state index is 5.46. The van der Waals surface area contributed by atoms with Gasteiger partial charge in [0.15, 0.2) is 10.2 Å². The molecule has 2 aromatic rings. The van der Waals surface area contributed by atoms with Gasteiger partial charge in [-0.2, -0.15) is 4.37 Å². The van der Waals surface area contributed by atoms with Crippen LogP contribution in [-0.4, -0.2) is 9.36 Å². The van der Waals surface area contributed by atoms with Gasteiger partial charge in [-0.25, -0.2) is 4.98 Å². The number of nitrogens with two attached hydrogens (primary N) is 1. The number of hydrogen-bond donors (Lipinski definition) is 1. The SMILES string of the molecule is CC(C)c1ccccc1-c1nsc(SN)n1. The molecule has 0 radical (unpaired) electrons. The van der Waals surface area contributed by atoms with Crippen LogP contribution in [-0.2, 0) is 0 Å². The summed E-state index contributed by atoms with van der Waals surface area (Å²) in [5.41, 5.74) is 2.38. The van der Waals surface area contributed by atoms with E-state index in [0.717, 1.165) is 27.7 Å². The summed E-state index contributed by atoms with van der Waals surface area (Å²) in [6, 6.07) is 8.24. The molecular weight excluding hydrogens is 238 g/mol. The van der Waals surface area contributed by atoms with Gasteiger partial charge in [-0.05, 0) is 35.0 Å². The first kappa shape index (κ1) is 11.6. The van der Waals surface area contributed by atoms with Gasteiger partial charge in [0.25, 0.3) is 0 Å². The fourth-order valence-electron chi connectivity index (χ4n) is 1.57. The number of nitrogens with zero attached hydrogens (tertiary/aromatic N) is 2. The Hall–Kier alpha value is -0.910. The molecule has 2 rings (SSSR count). The second-order valence-corrected chi connectivity index (χ2v) is 5.38. The monoisotopic (exact) mass is 251 g/mol. The standard InChI is InChI=1S/C11H13N3S2/c1-7(2)8-5-3-4-6-9(8)10-13-11(15-12)16-14-10/h3-7H,12H2,1-2H3. The Morgan fingerprint density at radius 3 is 2.69 bits per heavy atom. The number of hydrogen-bond acceptors (Lipinski definition) is 5. The summed E-state index contributed by atoms with van der Waals surface area (Å²) in [7, 11) is 0. The highest BCUT2D eigenvalue weighted by molar-refractivity contribution is 7.98. The van der Waals surface area contributed by atoms with Gasteiger partial charge < -0.3 is 0 Å². The topological polar surface area (TPSA) is 51.8 Å². The second-order valence-electron chi connectivity index (χ2n) is 3.74. The van der Waals surface area contributed by atoms with Crippen molar-refractivity contribution in [2.45, 2.75) is 24.1 Å². The van der Waals surface area contributed by atoms with Crippen molar-refractivity contribution in [1.82, 2.24) is 9.36 Å². The molecule has 0 bridgehead atoms. The maximum Gasteiger partial charge on any atom is 0.185 e. The van der Waals surface area contributed by atoms with Crippen LogP contribution >= 0.6 is 23.5 Å².